The number of hydrogen-bond acceptors (Lipinski definition) is 4. The summed E-state index contributed by atoms with van der Waals surface area (Å²) in [5.74, 6) is 1.63. The Morgan fingerprint density at radius 1 is 1.52 bits per heavy atom. The van der Waals surface area contributed by atoms with Gasteiger partial charge in [0.15, 0.2) is 5.96 Å². The van der Waals surface area contributed by atoms with Crippen LogP contribution < -0.4 is 10.6 Å². The molecule has 1 amide bonds. The van der Waals surface area contributed by atoms with Gasteiger partial charge in [-0.3, -0.25) is 4.99 Å². The number of ether oxygens (including phenoxy) is 1. The lowest BCUT2D eigenvalue weighted by atomic mass is 10.1. The van der Waals surface area contributed by atoms with Crippen LogP contribution in [0.15, 0.2) is 40.5 Å². The van der Waals surface area contributed by atoms with E-state index in [9.17, 15) is 4.79 Å². The molecule has 0 spiro atoms. The van der Waals surface area contributed by atoms with Crippen molar-refractivity contribution < 1.29 is 13.9 Å². The van der Waals surface area contributed by atoms with Crippen LogP contribution in [0.4, 0.5) is 4.79 Å². The minimum absolute atomic E-state index is 0.131. The summed E-state index contributed by atoms with van der Waals surface area (Å²) in [5.41, 5.74) is -0.485. The fourth-order valence-corrected chi connectivity index (χ4v) is 2.83. The molecule has 2 N–H and O–H groups in total. The van der Waals surface area contributed by atoms with Crippen molar-refractivity contribution in [2.24, 2.45) is 4.99 Å². The second-order valence-corrected chi connectivity index (χ2v) is 7.64. The van der Waals surface area contributed by atoms with Gasteiger partial charge in [0.05, 0.1) is 6.26 Å². The van der Waals surface area contributed by atoms with Gasteiger partial charge in [-0.1, -0.05) is 6.08 Å². The molecule has 1 atom stereocenters. The molecule has 1 aliphatic heterocycles. The van der Waals surface area contributed by atoms with E-state index in [1.54, 1.807) is 17.2 Å². The zero-order valence-corrected chi connectivity index (χ0v) is 16.7. The van der Waals surface area contributed by atoms with Crippen molar-refractivity contribution in [3.8, 4) is 0 Å². The highest BCUT2D eigenvalue weighted by molar-refractivity contribution is 5.80. The van der Waals surface area contributed by atoms with E-state index in [1.807, 2.05) is 32.9 Å². The maximum atomic E-state index is 12.3. The zero-order chi connectivity index (χ0) is 19.7. The number of piperidine rings is 1. The Morgan fingerprint density at radius 3 is 3.00 bits per heavy atom. The molecule has 2 heterocycles. The molecule has 0 aromatic carbocycles. The van der Waals surface area contributed by atoms with Crippen LogP contribution in [-0.4, -0.2) is 54.8 Å². The van der Waals surface area contributed by atoms with E-state index in [0.717, 1.165) is 37.5 Å². The molecule has 1 unspecified atom stereocenters. The number of carbonyl (C=O) groups excluding carboxylic acids is 1. The highest BCUT2D eigenvalue weighted by Crippen LogP contribution is 2.15. The average molecular weight is 377 g/mol. The fraction of sp³-hybridized carbons (Fsp3) is 0.600. The number of carbonyl (C=O) groups is 1. The molecule has 7 nitrogen and oxygen atoms in total. The Hall–Kier alpha value is -2.44. The Labute approximate surface area is 161 Å². The van der Waals surface area contributed by atoms with Crippen molar-refractivity contribution in [3.63, 3.8) is 0 Å². The SMILES string of the molecule is C=CCNC(=NCCc1ccco1)NC1CCCN(C(=O)OC(C)(C)C)C1. The number of aliphatic imine (C=N–C) groups is 1. The first kappa shape index (κ1) is 20.9. The van der Waals surface area contributed by atoms with Gasteiger partial charge in [-0.05, 0) is 45.7 Å². The predicted molar refractivity (Wildman–Crippen MR) is 107 cm³/mol. The van der Waals surface area contributed by atoms with E-state index in [0.29, 0.717) is 19.6 Å². The van der Waals surface area contributed by atoms with Crippen LogP contribution in [0.2, 0.25) is 0 Å². The van der Waals surface area contributed by atoms with E-state index in [2.05, 4.69) is 22.2 Å². The van der Waals surface area contributed by atoms with Gasteiger partial charge in [0, 0.05) is 38.6 Å². The highest BCUT2D eigenvalue weighted by Gasteiger charge is 2.28. The molecular weight excluding hydrogens is 344 g/mol. The van der Waals surface area contributed by atoms with Crippen LogP contribution in [0, 0.1) is 0 Å². The molecule has 27 heavy (non-hydrogen) atoms. The Kier molecular flexibility index (Phi) is 7.76. The molecule has 1 aliphatic rings. The van der Waals surface area contributed by atoms with Gasteiger partial charge >= 0.3 is 6.09 Å². The average Bonchev–Trinajstić information content (AvgIpc) is 3.11. The lowest BCUT2D eigenvalue weighted by Gasteiger charge is -2.35. The first-order valence-electron chi connectivity index (χ1n) is 9.53. The number of guanidine groups is 1. The second-order valence-electron chi connectivity index (χ2n) is 7.64. The Balaban J connectivity index is 1.90. The number of amides is 1. The summed E-state index contributed by atoms with van der Waals surface area (Å²) in [7, 11) is 0. The van der Waals surface area contributed by atoms with Crippen LogP contribution in [0.25, 0.3) is 0 Å². The van der Waals surface area contributed by atoms with Crippen molar-refractivity contribution in [2.45, 2.75) is 51.7 Å². The summed E-state index contributed by atoms with van der Waals surface area (Å²) < 4.78 is 10.8. The Morgan fingerprint density at radius 2 is 2.33 bits per heavy atom. The summed E-state index contributed by atoms with van der Waals surface area (Å²) in [6.07, 6.45) is 5.84. The third-order valence-corrected chi connectivity index (χ3v) is 4.04. The van der Waals surface area contributed by atoms with Crippen LogP contribution >= 0.6 is 0 Å². The van der Waals surface area contributed by atoms with Crippen molar-refractivity contribution in [3.05, 3.63) is 36.8 Å². The number of furan rings is 1. The minimum Gasteiger partial charge on any atom is -0.469 e. The highest BCUT2D eigenvalue weighted by atomic mass is 16.6. The zero-order valence-electron chi connectivity index (χ0n) is 16.7. The van der Waals surface area contributed by atoms with E-state index in [4.69, 9.17) is 9.15 Å². The molecule has 1 aromatic heterocycles. The first-order chi connectivity index (χ1) is 12.9. The van der Waals surface area contributed by atoms with E-state index >= 15 is 0 Å². The predicted octanol–water partition coefficient (Wildman–Crippen LogP) is 2.94. The number of likely N-dealkylation sites (tertiary alicyclic amines) is 1. The smallest absolute Gasteiger partial charge is 0.410 e. The van der Waals surface area contributed by atoms with Crippen molar-refractivity contribution >= 4 is 12.1 Å². The van der Waals surface area contributed by atoms with Gasteiger partial charge in [-0.15, -0.1) is 6.58 Å². The van der Waals surface area contributed by atoms with Gasteiger partial charge in [0.25, 0.3) is 0 Å². The molecule has 0 saturated carbocycles. The number of nitrogens with zero attached hydrogens (tertiary/aromatic N) is 2. The molecule has 150 valence electrons. The summed E-state index contributed by atoms with van der Waals surface area (Å²) in [6.45, 7) is 11.9. The first-order valence-corrected chi connectivity index (χ1v) is 9.53. The van der Waals surface area contributed by atoms with E-state index in [1.165, 1.54) is 0 Å². The molecule has 0 aliphatic carbocycles. The quantitative estimate of drug-likeness (QED) is 0.453. The minimum atomic E-state index is -0.485. The van der Waals surface area contributed by atoms with Crippen molar-refractivity contribution in [1.29, 1.82) is 0 Å². The number of nitrogens with one attached hydrogen (secondary N) is 2. The van der Waals surface area contributed by atoms with Crippen LogP contribution in [0.1, 0.15) is 39.4 Å². The van der Waals surface area contributed by atoms with Crippen molar-refractivity contribution in [2.75, 3.05) is 26.2 Å². The van der Waals surface area contributed by atoms with Crippen LogP contribution in [0.5, 0.6) is 0 Å². The topological polar surface area (TPSA) is 79.1 Å². The largest absolute Gasteiger partial charge is 0.469 e. The maximum absolute atomic E-state index is 12.3. The third-order valence-electron chi connectivity index (χ3n) is 4.04. The molecule has 1 saturated heterocycles. The fourth-order valence-electron chi connectivity index (χ4n) is 2.83. The molecule has 0 bridgehead atoms. The molecule has 0 radical (unpaired) electrons. The molecule has 2 rings (SSSR count). The summed E-state index contributed by atoms with van der Waals surface area (Å²) in [5, 5.41) is 6.66. The molecular formula is C20H32N4O3. The van der Waals surface area contributed by atoms with Crippen molar-refractivity contribution in [1.82, 2.24) is 15.5 Å². The number of hydrogen-bond donors (Lipinski definition) is 2. The second kappa shape index (κ2) is 10.0. The molecule has 1 aromatic rings. The maximum Gasteiger partial charge on any atom is 0.410 e. The van der Waals surface area contributed by atoms with Gasteiger partial charge in [0.1, 0.15) is 11.4 Å². The standard InChI is InChI=1S/C20H32N4O3/c1-5-11-21-18(22-12-10-17-9-7-14-26-17)23-16-8-6-13-24(15-16)19(25)27-20(2,3)4/h5,7,9,14,16H,1,6,8,10-13,15H2,2-4H3,(H2,21,22,23). The lowest BCUT2D eigenvalue weighted by Crippen LogP contribution is -2.53. The van der Waals surface area contributed by atoms with Gasteiger partial charge < -0.3 is 24.7 Å². The van der Waals surface area contributed by atoms with Crippen LogP contribution in [0.3, 0.4) is 0 Å². The number of rotatable bonds is 6. The van der Waals surface area contributed by atoms with Gasteiger partial charge in [-0.2, -0.15) is 0 Å². The normalized spacial score (nSPS) is 18.1. The molecule has 1 fully saturated rings. The van der Waals surface area contributed by atoms with E-state index in [-0.39, 0.29) is 12.1 Å². The summed E-state index contributed by atoms with van der Waals surface area (Å²) in [4.78, 5) is 18.7. The summed E-state index contributed by atoms with van der Waals surface area (Å²) >= 11 is 0. The third kappa shape index (κ3) is 7.76. The Bertz CT molecular complexity index is 620. The summed E-state index contributed by atoms with van der Waals surface area (Å²) in [6, 6.07) is 3.95. The van der Waals surface area contributed by atoms with E-state index < -0.39 is 5.60 Å². The monoisotopic (exact) mass is 376 g/mol. The van der Waals surface area contributed by atoms with Gasteiger partial charge in [0.2, 0.25) is 0 Å². The lowest BCUT2D eigenvalue weighted by molar-refractivity contribution is 0.0193. The molecule has 7 heteroatoms. The van der Waals surface area contributed by atoms with Gasteiger partial charge in [-0.25, -0.2) is 4.79 Å². The van der Waals surface area contributed by atoms with Crippen LogP contribution in [-0.2, 0) is 11.2 Å².